The van der Waals surface area contributed by atoms with Gasteiger partial charge >= 0.3 is 12.4 Å². The second-order valence-corrected chi connectivity index (χ2v) is 12.4. The lowest BCUT2D eigenvalue weighted by atomic mass is 10.00. The van der Waals surface area contributed by atoms with Crippen LogP contribution in [0.2, 0.25) is 0 Å². The van der Waals surface area contributed by atoms with Crippen LogP contribution >= 0.6 is 11.8 Å². The molecule has 238 valence electrons. The van der Waals surface area contributed by atoms with E-state index < -0.39 is 6.36 Å². The molecule has 0 unspecified atom stereocenters. The number of nitrogens with zero attached hydrogens (tertiary/aromatic N) is 4. The summed E-state index contributed by atoms with van der Waals surface area (Å²) in [5.41, 5.74) is 4.97. The number of amides is 2. The van der Waals surface area contributed by atoms with Crippen LogP contribution in [0.3, 0.4) is 0 Å². The van der Waals surface area contributed by atoms with Gasteiger partial charge in [0.2, 0.25) is 0 Å². The Morgan fingerprint density at radius 3 is 2.48 bits per heavy atom. The Balaban J connectivity index is 1.21. The number of aryl methyl sites for hydroxylation is 1. The van der Waals surface area contributed by atoms with Crippen molar-refractivity contribution < 1.29 is 22.7 Å². The Kier molecular flexibility index (Phi) is 9.72. The summed E-state index contributed by atoms with van der Waals surface area (Å²) in [7, 11) is 0. The van der Waals surface area contributed by atoms with Crippen LogP contribution in [0.4, 0.5) is 23.7 Å². The summed E-state index contributed by atoms with van der Waals surface area (Å²) in [5.74, 6) is 3.38. The Morgan fingerprint density at radius 2 is 1.85 bits per heavy atom. The minimum absolute atomic E-state index is 0.266. The van der Waals surface area contributed by atoms with Gasteiger partial charge in [0, 0.05) is 11.1 Å². The predicted octanol–water partition coefficient (Wildman–Crippen LogP) is 7.69. The van der Waals surface area contributed by atoms with E-state index in [1.54, 1.807) is 0 Å². The smallest absolute Gasteiger partial charge is 0.406 e. The maximum Gasteiger partial charge on any atom is 0.573 e. The molecule has 0 bridgehead atoms. The zero-order valence-corrected chi connectivity index (χ0v) is 26.4. The normalized spacial score (nSPS) is 14.1. The largest absolute Gasteiger partial charge is 0.573 e. The minimum Gasteiger partial charge on any atom is -0.406 e. The second kappa shape index (κ2) is 13.7. The fraction of sp³-hybridized carbons (Fsp3) is 0.294. The molecular weight excluding hydrogens is 613 g/mol. The van der Waals surface area contributed by atoms with Gasteiger partial charge in [0.15, 0.2) is 11.0 Å². The van der Waals surface area contributed by atoms with Gasteiger partial charge in [-0.05, 0) is 79.1 Å². The molecule has 1 heterocycles. The van der Waals surface area contributed by atoms with Crippen molar-refractivity contribution in [3.05, 3.63) is 89.7 Å². The third-order valence-corrected chi connectivity index (χ3v) is 8.13. The molecule has 0 saturated heterocycles. The van der Waals surface area contributed by atoms with E-state index in [2.05, 4.69) is 57.4 Å². The molecule has 12 heteroatoms. The van der Waals surface area contributed by atoms with Gasteiger partial charge in [-0.25, -0.2) is 19.5 Å². The summed E-state index contributed by atoms with van der Waals surface area (Å²) < 4.78 is 42.7. The van der Waals surface area contributed by atoms with E-state index in [1.807, 2.05) is 37.3 Å². The molecule has 2 N–H and O–H groups in total. The highest BCUT2D eigenvalue weighted by molar-refractivity contribution is 8.14. The number of hydrogen-bond acceptors (Lipinski definition) is 6. The molecule has 4 aromatic rings. The molecule has 0 spiro atoms. The maximum absolute atomic E-state index is 13.1. The highest BCUT2D eigenvalue weighted by Gasteiger charge is 2.44. The number of nitrogens with one attached hydrogen (secondary N) is 2. The lowest BCUT2D eigenvalue weighted by Gasteiger charge is -2.19. The number of terminal acetylenes is 1. The summed E-state index contributed by atoms with van der Waals surface area (Å²) in [6, 6.07) is 18.9. The average Bonchev–Trinajstić information content (AvgIpc) is 3.55. The number of halogens is 3. The van der Waals surface area contributed by atoms with Gasteiger partial charge in [0.05, 0.1) is 17.1 Å². The lowest BCUT2D eigenvalue weighted by molar-refractivity contribution is -0.274. The number of amidine groups is 1. The standard InChI is InChI=1S/C34H33F3N6O2S/c1-5-18-46-32(39-29-19-23(4)6-15-28(29)22(2)3)40-31(44)41-33(16-17-33)20-24-7-9-25(10-8-24)30-38-21-43(42-30)26-11-13-27(14-12-26)45-34(35,36)37/h1,6-15,19,21-22H,16-18,20H2,2-4H3,(H2,39,40,41,44). The number of rotatable bonds is 9. The van der Waals surface area contributed by atoms with Crippen molar-refractivity contribution >= 4 is 28.6 Å². The van der Waals surface area contributed by atoms with Crippen LogP contribution in [0.25, 0.3) is 17.1 Å². The summed E-state index contributed by atoms with van der Waals surface area (Å²) in [5, 5.41) is 11.0. The first-order valence-electron chi connectivity index (χ1n) is 14.6. The minimum atomic E-state index is -4.75. The number of ether oxygens (including phenoxy) is 1. The fourth-order valence-electron chi connectivity index (χ4n) is 4.90. The number of aliphatic imine (C=N–C) groups is 1. The number of hydrogen-bond donors (Lipinski definition) is 2. The number of carbonyl (C=O) groups is 1. The highest BCUT2D eigenvalue weighted by atomic mass is 32.2. The average molecular weight is 647 g/mol. The molecule has 5 rings (SSSR count). The summed E-state index contributed by atoms with van der Waals surface area (Å²) in [6.07, 6.45) is 4.58. The molecular formula is C34H33F3N6O2S. The van der Waals surface area contributed by atoms with Gasteiger partial charge < -0.3 is 10.1 Å². The van der Waals surface area contributed by atoms with Crippen molar-refractivity contribution in [3.8, 4) is 35.2 Å². The van der Waals surface area contributed by atoms with Crippen LogP contribution in [0, 0.1) is 19.3 Å². The van der Waals surface area contributed by atoms with E-state index in [0.29, 0.717) is 28.9 Å². The molecule has 1 fully saturated rings. The third-order valence-electron chi connectivity index (χ3n) is 7.36. The second-order valence-electron chi connectivity index (χ2n) is 11.4. The van der Waals surface area contributed by atoms with Crippen molar-refractivity contribution in [2.45, 2.75) is 57.9 Å². The molecule has 0 radical (unpaired) electrons. The molecule has 46 heavy (non-hydrogen) atoms. The number of alkyl halides is 3. The van der Waals surface area contributed by atoms with E-state index in [4.69, 9.17) is 11.4 Å². The number of aromatic nitrogens is 3. The molecule has 8 nitrogen and oxygen atoms in total. The highest BCUT2D eigenvalue weighted by Crippen LogP contribution is 2.39. The lowest BCUT2D eigenvalue weighted by Crippen LogP contribution is -2.46. The first kappa shape index (κ1) is 32.6. The SMILES string of the molecule is C#CCSC(=Nc1cc(C)ccc1C(C)C)NC(=O)NC1(Cc2ccc(-c3ncn(-c4ccc(OC(F)(F)F)cc4)n3)cc2)CC1. The van der Waals surface area contributed by atoms with E-state index in [9.17, 15) is 18.0 Å². The van der Waals surface area contributed by atoms with Gasteiger partial charge in [0.1, 0.15) is 12.1 Å². The first-order chi connectivity index (χ1) is 21.9. The van der Waals surface area contributed by atoms with Gasteiger partial charge in [-0.3, -0.25) is 5.32 Å². The Morgan fingerprint density at radius 1 is 1.13 bits per heavy atom. The van der Waals surface area contributed by atoms with Crippen molar-refractivity contribution in [1.82, 2.24) is 25.4 Å². The van der Waals surface area contributed by atoms with Crippen molar-refractivity contribution in [1.29, 1.82) is 0 Å². The molecule has 1 aliphatic carbocycles. The van der Waals surface area contributed by atoms with Crippen LogP contribution < -0.4 is 15.4 Å². The first-order valence-corrected chi connectivity index (χ1v) is 15.6. The molecule has 1 aliphatic rings. The monoisotopic (exact) mass is 646 g/mol. The van der Waals surface area contributed by atoms with Gasteiger partial charge in [-0.1, -0.05) is 67.9 Å². The number of benzene rings is 3. The molecule has 1 saturated carbocycles. The zero-order chi connectivity index (χ0) is 32.9. The fourth-order valence-corrected chi connectivity index (χ4v) is 5.45. The van der Waals surface area contributed by atoms with Gasteiger partial charge in [-0.15, -0.1) is 24.7 Å². The summed E-state index contributed by atoms with van der Waals surface area (Å²) >= 11 is 1.31. The maximum atomic E-state index is 13.1. The van der Waals surface area contributed by atoms with E-state index >= 15 is 0 Å². The van der Waals surface area contributed by atoms with Gasteiger partial charge in [0.25, 0.3) is 0 Å². The van der Waals surface area contributed by atoms with E-state index in [1.165, 1.54) is 47.0 Å². The third kappa shape index (κ3) is 8.69. The molecule has 1 aromatic heterocycles. The van der Waals surface area contributed by atoms with Crippen molar-refractivity contribution in [2.75, 3.05) is 5.75 Å². The van der Waals surface area contributed by atoms with Crippen LogP contribution in [0.1, 0.15) is 49.3 Å². The Hall–Kier alpha value is -4.76. The summed E-state index contributed by atoms with van der Waals surface area (Å²) in [4.78, 5) is 22.3. The number of urea groups is 1. The molecule has 3 aromatic carbocycles. The Bertz CT molecular complexity index is 1760. The molecule has 2 amide bonds. The van der Waals surface area contributed by atoms with Crippen molar-refractivity contribution in [3.63, 3.8) is 0 Å². The summed E-state index contributed by atoms with van der Waals surface area (Å²) in [6.45, 7) is 6.22. The quantitative estimate of drug-likeness (QED) is 0.111. The number of carbonyl (C=O) groups excluding carboxylic acids is 1. The van der Waals surface area contributed by atoms with E-state index in [-0.39, 0.29) is 23.2 Å². The predicted molar refractivity (Wildman–Crippen MR) is 174 cm³/mol. The van der Waals surface area contributed by atoms with E-state index in [0.717, 1.165) is 40.8 Å². The van der Waals surface area contributed by atoms with Crippen LogP contribution in [0.15, 0.2) is 78.0 Å². The van der Waals surface area contributed by atoms with Crippen LogP contribution in [-0.4, -0.2) is 43.6 Å². The van der Waals surface area contributed by atoms with Crippen LogP contribution in [0.5, 0.6) is 5.75 Å². The topological polar surface area (TPSA) is 93.4 Å². The molecule has 0 aliphatic heterocycles. The van der Waals surface area contributed by atoms with Crippen LogP contribution in [-0.2, 0) is 6.42 Å². The zero-order valence-electron chi connectivity index (χ0n) is 25.6. The number of thioether (sulfide) groups is 1. The van der Waals surface area contributed by atoms with Crippen molar-refractivity contribution in [2.24, 2.45) is 4.99 Å². The molecule has 0 atom stereocenters. The Labute approximate surface area is 269 Å². The van der Waals surface area contributed by atoms with Gasteiger partial charge in [-0.2, -0.15) is 0 Å².